The molecule has 0 spiro atoms. The smallest absolute Gasteiger partial charge is 0.0456 e. The van der Waals surface area contributed by atoms with Gasteiger partial charge in [-0.15, -0.1) is 0 Å². The Morgan fingerprint density at radius 1 is 0.952 bits per heavy atom. The van der Waals surface area contributed by atoms with E-state index >= 15 is 0 Å². The predicted octanol–water partition coefficient (Wildman–Crippen LogP) is 6.18. The van der Waals surface area contributed by atoms with Crippen LogP contribution in [0.4, 0.5) is 0 Å². The maximum atomic E-state index is 3.36. The maximum absolute atomic E-state index is 3.36. The molecule has 0 saturated heterocycles. The summed E-state index contributed by atoms with van der Waals surface area (Å²) in [4.78, 5) is 3.36. The van der Waals surface area contributed by atoms with Gasteiger partial charge in [-0.1, -0.05) is 55.8 Å². The summed E-state index contributed by atoms with van der Waals surface area (Å²) in [6, 6.07) is 8.58. The Balaban J connectivity index is 1.61. The molecule has 2 rings (SSSR count). The first-order chi connectivity index (χ1) is 10.4. The van der Waals surface area contributed by atoms with Gasteiger partial charge < -0.3 is 4.98 Å². The average molecular weight is 281 g/mol. The van der Waals surface area contributed by atoms with Crippen LogP contribution < -0.4 is 0 Å². The number of para-hydroxylation sites is 1. The van der Waals surface area contributed by atoms with Crippen molar-refractivity contribution in [2.24, 2.45) is 0 Å². The van der Waals surface area contributed by atoms with E-state index in [2.05, 4.69) is 66.7 Å². The van der Waals surface area contributed by atoms with Gasteiger partial charge in [0, 0.05) is 17.1 Å². The van der Waals surface area contributed by atoms with E-state index in [0.717, 1.165) is 12.8 Å². The molecule has 1 nitrogen and oxygen atoms in total. The summed E-state index contributed by atoms with van der Waals surface area (Å²) in [6.07, 6.45) is 19.8. The molecule has 0 bridgehead atoms. The van der Waals surface area contributed by atoms with E-state index in [0.29, 0.717) is 0 Å². The van der Waals surface area contributed by atoms with Crippen LogP contribution in [-0.2, 0) is 6.42 Å². The van der Waals surface area contributed by atoms with Crippen LogP contribution >= 0.6 is 0 Å². The van der Waals surface area contributed by atoms with Crippen LogP contribution in [0.5, 0.6) is 0 Å². The summed E-state index contributed by atoms with van der Waals surface area (Å²) in [7, 11) is 0. The average Bonchev–Trinajstić information content (AvgIpc) is 2.92. The number of aromatic nitrogens is 1. The van der Waals surface area contributed by atoms with E-state index in [1.54, 1.807) is 0 Å². The third-order valence-electron chi connectivity index (χ3n) is 3.83. The van der Waals surface area contributed by atoms with E-state index in [-0.39, 0.29) is 0 Å². The van der Waals surface area contributed by atoms with Crippen molar-refractivity contribution < 1.29 is 0 Å². The van der Waals surface area contributed by atoms with E-state index in [4.69, 9.17) is 0 Å². The summed E-state index contributed by atoms with van der Waals surface area (Å²) >= 11 is 0. The van der Waals surface area contributed by atoms with Crippen molar-refractivity contribution >= 4 is 10.9 Å². The van der Waals surface area contributed by atoms with Gasteiger partial charge >= 0.3 is 0 Å². The number of benzene rings is 1. The third-order valence-corrected chi connectivity index (χ3v) is 3.83. The molecule has 1 heteroatoms. The first-order valence-electron chi connectivity index (χ1n) is 8.27. The molecular weight excluding hydrogens is 254 g/mol. The van der Waals surface area contributed by atoms with Crippen LogP contribution in [0.2, 0.25) is 0 Å². The molecule has 0 saturated carbocycles. The van der Waals surface area contributed by atoms with Crippen LogP contribution in [0, 0.1) is 0 Å². The lowest BCUT2D eigenvalue weighted by atomic mass is 10.1. The molecule has 0 amide bonds. The minimum Gasteiger partial charge on any atom is -0.361 e. The molecule has 1 aromatic heterocycles. The SMILES string of the molecule is CC/C=C\C/C=C\CCCCCc1c[nH]c2ccccc12. The van der Waals surface area contributed by atoms with Gasteiger partial charge in [0.15, 0.2) is 0 Å². The molecule has 0 atom stereocenters. The van der Waals surface area contributed by atoms with E-state index < -0.39 is 0 Å². The first kappa shape index (κ1) is 15.6. The lowest BCUT2D eigenvalue weighted by Gasteiger charge is -1.99. The predicted molar refractivity (Wildman–Crippen MR) is 93.7 cm³/mol. The van der Waals surface area contributed by atoms with Gasteiger partial charge in [0.1, 0.15) is 0 Å². The van der Waals surface area contributed by atoms with Gasteiger partial charge in [0.25, 0.3) is 0 Å². The number of hydrogen-bond donors (Lipinski definition) is 1. The largest absolute Gasteiger partial charge is 0.361 e. The molecule has 2 aromatic rings. The topological polar surface area (TPSA) is 15.8 Å². The second kappa shape index (κ2) is 9.23. The van der Waals surface area contributed by atoms with Crippen molar-refractivity contribution in [3.8, 4) is 0 Å². The van der Waals surface area contributed by atoms with Crippen molar-refractivity contribution in [3.63, 3.8) is 0 Å². The standard InChI is InChI=1S/C20H27N/c1-2-3-4-5-6-7-8-9-10-11-14-18-17-21-20-16-13-12-15-19(18)20/h3-4,6-7,12-13,15-17,21H,2,5,8-11,14H2,1H3/b4-3-,7-6-. The minimum absolute atomic E-state index is 1.09. The molecule has 0 aliphatic heterocycles. The molecule has 0 unspecified atom stereocenters. The van der Waals surface area contributed by atoms with Crippen LogP contribution in [-0.4, -0.2) is 4.98 Å². The fraction of sp³-hybridized carbons (Fsp3) is 0.400. The van der Waals surface area contributed by atoms with Gasteiger partial charge in [-0.3, -0.25) is 0 Å². The lowest BCUT2D eigenvalue weighted by molar-refractivity contribution is 0.688. The Labute approximate surface area is 128 Å². The van der Waals surface area contributed by atoms with Crippen molar-refractivity contribution in [1.82, 2.24) is 4.98 Å². The number of H-pyrrole nitrogens is 1. The monoisotopic (exact) mass is 281 g/mol. The normalized spacial score (nSPS) is 12.0. The lowest BCUT2D eigenvalue weighted by Crippen LogP contribution is -1.84. The second-order valence-corrected chi connectivity index (χ2v) is 5.55. The number of nitrogens with one attached hydrogen (secondary N) is 1. The number of fused-ring (bicyclic) bond motifs is 1. The molecule has 1 heterocycles. The Hall–Kier alpha value is -1.76. The molecule has 0 aliphatic rings. The Morgan fingerprint density at radius 3 is 2.71 bits per heavy atom. The van der Waals surface area contributed by atoms with Gasteiger partial charge in [-0.05, 0) is 50.2 Å². The second-order valence-electron chi connectivity index (χ2n) is 5.55. The summed E-state index contributed by atoms with van der Waals surface area (Å²) in [5.41, 5.74) is 2.72. The summed E-state index contributed by atoms with van der Waals surface area (Å²) in [6.45, 7) is 2.17. The highest BCUT2D eigenvalue weighted by molar-refractivity contribution is 5.82. The molecule has 1 N–H and O–H groups in total. The third kappa shape index (κ3) is 5.26. The highest BCUT2D eigenvalue weighted by Crippen LogP contribution is 2.19. The zero-order valence-corrected chi connectivity index (χ0v) is 13.1. The Morgan fingerprint density at radius 2 is 1.81 bits per heavy atom. The van der Waals surface area contributed by atoms with Crippen molar-refractivity contribution in [1.29, 1.82) is 0 Å². The number of hydrogen-bond acceptors (Lipinski definition) is 0. The van der Waals surface area contributed by atoms with Crippen LogP contribution in [0.3, 0.4) is 0 Å². The number of aromatic amines is 1. The number of rotatable bonds is 9. The fourth-order valence-electron chi connectivity index (χ4n) is 2.65. The highest BCUT2D eigenvalue weighted by Gasteiger charge is 2.01. The highest BCUT2D eigenvalue weighted by atomic mass is 14.7. The molecule has 0 fully saturated rings. The number of allylic oxidation sites excluding steroid dienone is 4. The Bertz CT molecular complexity index is 574. The van der Waals surface area contributed by atoms with Crippen LogP contribution in [0.25, 0.3) is 10.9 Å². The summed E-state index contributed by atoms with van der Waals surface area (Å²) < 4.78 is 0. The molecule has 1 aromatic carbocycles. The van der Waals surface area contributed by atoms with Crippen molar-refractivity contribution in [2.75, 3.05) is 0 Å². The first-order valence-corrected chi connectivity index (χ1v) is 8.27. The van der Waals surface area contributed by atoms with Gasteiger partial charge in [-0.25, -0.2) is 0 Å². The molecule has 0 radical (unpaired) electrons. The van der Waals surface area contributed by atoms with E-state index in [9.17, 15) is 0 Å². The number of unbranched alkanes of at least 4 members (excludes halogenated alkanes) is 3. The zero-order valence-electron chi connectivity index (χ0n) is 13.1. The zero-order chi connectivity index (χ0) is 14.8. The quantitative estimate of drug-likeness (QED) is 0.417. The molecule has 21 heavy (non-hydrogen) atoms. The number of aryl methyl sites for hydroxylation is 1. The molecule has 0 aliphatic carbocycles. The van der Waals surface area contributed by atoms with Crippen LogP contribution in [0.1, 0.15) is 51.0 Å². The van der Waals surface area contributed by atoms with E-state index in [1.807, 2.05) is 0 Å². The van der Waals surface area contributed by atoms with Gasteiger partial charge in [-0.2, -0.15) is 0 Å². The molecule has 112 valence electrons. The fourth-order valence-corrected chi connectivity index (χ4v) is 2.65. The minimum atomic E-state index is 1.09. The Kier molecular flexibility index (Phi) is 6.87. The van der Waals surface area contributed by atoms with Gasteiger partial charge in [0.2, 0.25) is 0 Å². The molecular formula is C20H27N. The summed E-state index contributed by atoms with van der Waals surface area (Å²) in [5, 5.41) is 1.39. The maximum Gasteiger partial charge on any atom is 0.0456 e. The van der Waals surface area contributed by atoms with E-state index in [1.165, 1.54) is 48.6 Å². The van der Waals surface area contributed by atoms with Crippen molar-refractivity contribution in [2.45, 2.75) is 51.9 Å². The van der Waals surface area contributed by atoms with Crippen molar-refractivity contribution in [3.05, 3.63) is 60.3 Å². The van der Waals surface area contributed by atoms with Gasteiger partial charge in [0.05, 0.1) is 0 Å². The van der Waals surface area contributed by atoms with Crippen LogP contribution in [0.15, 0.2) is 54.8 Å². The summed E-state index contributed by atoms with van der Waals surface area (Å²) in [5.74, 6) is 0.